The van der Waals surface area contributed by atoms with Crippen LogP contribution in [0.15, 0.2) is 30.9 Å². The van der Waals surface area contributed by atoms with Crippen LogP contribution in [0.25, 0.3) is 0 Å². The van der Waals surface area contributed by atoms with Crippen LogP contribution in [0, 0.1) is 0 Å². The predicted octanol–water partition coefficient (Wildman–Crippen LogP) is 1.81. The second kappa shape index (κ2) is 7.43. The minimum atomic E-state index is -0.673. The fourth-order valence-corrected chi connectivity index (χ4v) is 1.46. The second-order valence-electron chi connectivity index (χ2n) is 3.51. The van der Waals surface area contributed by atoms with Crippen LogP contribution in [0.1, 0.15) is 10.4 Å². The molecule has 0 unspecified atom stereocenters. The molecule has 0 saturated heterocycles. The van der Waals surface area contributed by atoms with Crippen molar-refractivity contribution in [3.63, 3.8) is 0 Å². The van der Waals surface area contributed by atoms with Crippen LogP contribution in [-0.2, 0) is 9.53 Å². The first-order valence-corrected chi connectivity index (χ1v) is 5.84. The molecular formula is C13H14ClNO4. The molecule has 0 radical (unpaired) electrons. The van der Waals surface area contributed by atoms with Gasteiger partial charge in [0, 0.05) is 11.6 Å². The number of halogens is 1. The average Bonchev–Trinajstić information content (AvgIpc) is 2.42. The molecule has 0 saturated carbocycles. The Morgan fingerprint density at radius 3 is 2.84 bits per heavy atom. The van der Waals surface area contributed by atoms with Crippen molar-refractivity contribution in [1.82, 2.24) is 5.32 Å². The van der Waals surface area contributed by atoms with Gasteiger partial charge < -0.3 is 14.8 Å². The van der Waals surface area contributed by atoms with Gasteiger partial charge in [0.1, 0.15) is 11.3 Å². The largest absolute Gasteiger partial charge is 0.496 e. The highest BCUT2D eigenvalue weighted by Crippen LogP contribution is 2.23. The van der Waals surface area contributed by atoms with Gasteiger partial charge in [-0.15, -0.1) is 6.58 Å². The maximum Gasteiger partial charge on any atom is 0.342 e. The molecule has 1 N–H and O–H groups in total. The first-order chi connectivity index (χ1) is 9.08. The van der Waals surface area contributed by atoms with E-state index in [1.807, 2.05) is 0 Å². The fraction of sp³-hybridized carbons (Fsp3) is 0.231. The maximum absolute atomic E-state index is 11.8. The molecule has 0 bridgehead atoms. The lowest BCUT2D eigenvalue weighted by atomic mass is 10.2. The van der Waals surface area contributed by atoms with E-state index in [2.05, 4.69) is 11.9 Å². The summed E-state index contributed by atoms with van der Waals surface area (Å²) in [5, 5.41) is 2.87. The molecule has 6 heteroatoms. The lowest BCUT2D eigenvalue weighted by molar-refractivity contribution is -0.124. The summed E-state index contributed by atoms with van der Waals surface area (Å²) in [7, 11) is 1.43. The molecule has 0 fully saturated rings. The minimum Gasteiger partial charge on any atom is -0.496 e. The van der Waals surface area contributed by atoms with E-state index < -0.39 is 11.9 Å². The molecule has 0 atom stereocenters. The van der Waals surface area contributed by atoms with Gasteiger partial charge in [0.25, 0.3) is 5.91 Å². The van der Waals surface area contributed by atoms with Gasteiger partial charge in [-0.05, 0) is 18.2 Å². The van der Waals surface area contributed by atoms with Crippen molar-refractivity contribution in [3.05, 3.63) is 41.4 Å². The second-order valence-corrected chi connectivity index (χ2v) is 3.95. The van der Waals surface area contributed by atoms with E-state index in [1.165, 1.54) is 19.3 Å². The number of esters is 1. The van der Waals surface area contributed by atoms with E-state index in [0.29, 0.717) is 17.3 Å². The highest BCUT2D eigenvalue weighted by molar-refractivity contribution is 6.31. The van der Waals surface area contributed by atoms with Crippen molar-refractivity contribution >= 4 is 23.5 Å². The number of carbonyl (C=O) groups is 2. The summed E-state index contributed by atoms with van der Waals surface area (Å²) in [6.07, 6.45) is 1.53. The highest BCUT2D eigenvalue weighted by atomic mass is 35.5. The lowest BCUT2D eigenvalue weighted by Gasteiger charge is -2.09. The molecule has 5 nitrogen and oxygen atoms in total. The average molecular weight is 284 g/mol. The highest BCUT2D eigenvalue weighted by Gasteiger charge is 2.15. The third kappa shape index (κ3) is 4.63. The molecule has 0 aliphatic carbocycles. The van der Waals surface area contributed by atoms with Gasteiger partial charge in [-0.1, -0.05) is 17.7 Å². The van der Waals surface area contributed by atoms with Gasteiger partial charge >= 0.3 is 5.97 Å². The maximum atomic E-state index is 11.8. The number of carbonyl (C=O) groups excluding carboxylic acids is 2. The third-order valence-corrected chi connectivity index (χ3v) is 2.39. The molecule has 1 aromatic rings. The van der Waals surface area contributed by atoms with Crippen molar-refractivity contribution in [2.75, 3.05) is 20.3 Å². The van der Waals surface area contributed by atoms with Crippen LogP contribution in [0.2, 0.25) is 5.02 Å². The molecule has 102 valence electrons. The first-order valence-electron chi connectivity index (χ1n) is 5.46. The monoisotopic (exact) mass is 283 g/mol. The Morgan fingerprint density at radius 1 is 1.47 bits per heavy atom. The summed E-state index contributed by atoms with van der Waals surface area (Å²) in [6, 6.07) is 4.56. The predicted molar refractivity (Wildman–Crippen MR) is 71.5 cm³/mol. The van der Waals surface area contributed by atoms with Crippen molar-refractivity contribution in [1.29, 1.82) is 0 Å². The zero-order valence-electron chi connectivity index (χ0n) is 10.4. The fourth-order valence-electron chi connectivity index (χ4n) is 1.29. The van der Waals surface area contributed by atoms with Crippen LogP contribution in [-0.4, -0.2) is 32.1 Å². The number of hydrogen-bond acceptors (Lipinski definition) is 4. The van der Waals surface area contributed by atoms with Gasteiger partial charge in [0.05, 0.1) is 7.11 Å². The van der Waals surface area contributed by atoms with E-state index in [1.54, 1.807) is 12.1 Å². The molecule has 0 spiro atoms. The Morgan fingerprint density at radius 2 is 2.21 bits per heavy atom. The van der Waals surface area contributed by atoms with Gasteiger partial charge in [0.2, 0.25) is 0 Å². The number of rotatable bonds is 6. The molecule has 0 aromatic heterocycles. The molecule has 1 amide bonds. The lowest BCUT2D eigenvalue weighted by Crippen LogP contribution is -2.28. The van der Waals surface area contributed by atoms with Crippen LogP contribution < -0.4 is 10.1 Å². The van der Waals surface area contributed by atoms with Gasteiger partial charge in [-0.2, -0.15) is 0 Å². The number of hydrogen-bond donors (Lipinski definition) is 1. The molecule has 19 heavy (non-hydrogen) atoms. The number of benzene rings is 1. The number of ether oxygens (including phenoxy) is 2. The summed E-state index contributed by atoms with van der Waals surface area (Å²) >= 11 is 5.80. The Balaban J connectivity index is 2.65. The Hall–Kier alpha value is -2.01. The summed E-state index contributed by atoms with van der Waals surface area (Å²) < 4.78 is 9.88. The minimum absolute atomic E-state index is 0.173. The van der Waals surface area contributed by atoms with Gasteiger partial charge in [-0.25, -0.2) is 4.79 Å². The summed E-state index contributed by atoms with van der Waals surface area (Å²) in [5.41, 5.74) is 0.173. The Bertz CT molecular complexity index is 488. The van der Waals surface area contributed by atoms with Gasteiger partial charge in [0.15, 0.2) is 6.61 Å². The molecular weight excluding hydrogens is 270 g/mol. The SMILES string of the molecule is C=CCNC(=O)COC(=O)c1cc(Cl)ccc1OC. The number of methoxy groups -OCH3 is 1. The molecule has 1 rings (SSSR count). The molecule has 0 aliphatic heterocycles. The van der Waals surface area contributed by atoms with Crippen molar-refractivity contribution < 1.29 is 19.1 Å². The van der Waals surface area contributed by atoms with Crippen LogP contribution in [0.5, 0.6) is 5.75 Å². The first kappa shape index (κ1) is 15.0. The molecule has 1 aromatic carbocycles. The summed E-state index contributed by atoms with van der Waals surface area (Å²) in [4.78, 5) is 23.1. The Kier molecular flexibility index (Phi) is 5.89. The smallest absolute Gasteiger partial charge is 0.342 e. The van der Waals surface area contributed by atoms with Crippen molar-refractivity contribution in [2.45, 2.75) is 0 Å². The van der Waals surface area contributed by atoms with Crippen molar-refractivity contribution in [2.24, 2.45) is 0 Å². The summed E-state index contributed by atoms with van der Waals surface area (Å²) in [6.45, 7) is 3.40. The van der Waals surface area contributed by atoms with E-state index in [9.17, 15) is 9.59 Å². The molecule has 0 heterocycles. The normalized spacial score (nSPS) is 9.58. The van der Waals surface area contributed by atoms with Crippen LogP contribution >= 0.6 is 11.6 Å². The number of nitrogens with one attached hydrogen (secondary N) is 1. The third-order valence-electron chi connectivity index (χ3n) is 2.16. The zero-order chi connectivity index (χ0) is 14.3. The van der Waals surface area contributed by atoms with E-state index >= 15 is 0 Å². The molecule has 0 aliphatic rings. The van der Waals surface area contributed by atoms with Crippen molar-refractivity contribution in [3.8, 4) is 5.75 Å². The van der Waals surface area contributed by atoms with E-state index in [4.69, 9.17) is 21.1 Å². The Labute approximate surface area is 116 Å². The standard InChI is InChI=1S/C13H14ClNO4/c1-3-6-15-12(16)8-19-13(17)10-7-9(14)4-5-11(10)18-2/h3-5,7H,1,6,8H2,2H3,(H,15,16). The quantitative estimate of drug-likeness (QED) is 0.639. The van der Waals surface area contributed by atoms with E-state index in [0.717, 1.165) is 0 Å². The summed E-state index contributed by atoms with van der Waals surface area (Å²) in [5.74, 6) is -0.747. The number of amides is 1. The zero-order valence-corrected chi connectivity index (χ0v) is 11.2. The van der Waals surface area contributed by atoms with E-state index in [-0.39, 0.29) is 12.2 Å². The topological polar surface area (TPSA) is 64.6 Å². The van der Waals surface area contributed by atoms with Crippen LogP contribution in [0.3, 0.4) is 0 Å². The van der Waals surface area contributed by atoms with Gasteiger partial charge in [-0.3, -0.25) is 4.79 Å². The van der Waals surface area contributed by atoms with Crippen LogP contribution in [0.4, 0.5) is 0 Å².